The number of carbonyl (C=O) groups is 1. The molecule has 0 amide bonds. The van der Waals surface area contributed by atoms with Gasteiger partial charge in [0.25, 0.3) is 0 Å². The molecular formula is C21H30N2O3. The Kier molecular flexibility index (Phi) is 6.13. The molecule has 0 fully saturated rings. The van der Waals surface area contributed by atoms with Crippen LogP contribution in [0.2, 0.25) is 0 Å². The van der Waals surface area contributed by atoms with E-state index in [9.17, 15) is 9.90 Å². The minimum Gasteiger partial charge on any atom is -0.443 e. The van der Waals surface area contributed by atoms with Crippen molar-refractivity contribution in [3.05, 3.63) is 41.7 Å². The maximum atomic E-state index is 12.9. The molecule has 142 valence electrons. The third-order valence-corrected chi connectivity index (χ3v) is 4.12. The van der Waals surface area contributed by atoms with Crippen LogP contribution in [0.3, 0.4) is 0 Å². The van der Waals surface area contributed by atoms with Gasteiger partial charge in [0.05, 0.1) is 0 Å². The molecule has 0 bridgehead atoms. The Labute approximate surface area is 155 Å². The van der Waals surface area contributed by atoms with Crippen molar-refractivity contribution in [1.82, 2.24) is 4.57 Å². The van der Waals surface area contributed by atoms with Crippen molar-refractivity contribution in [2.75, 3.05) is 12.3 Å². The zero-order chi connectivity index (χ0) is 19.5. The lowest BCUT2D eigenvalue weighted by atomic mass is 10.0. The number of nitrogen functional groups attached to an aromatic ring is 1. The largest absolute Gasteiger partial charge is 0.443 e. The summed E-state index contributed by atoms with van der Waals surface area (Å²) in [4.78, 5) is 12.9. The summed E-state index contributed by atoms with van der Waals surface area (Å²) >= 11 is 0. The second-order valence-electron chi connectivity index (χ2n) is 7.81. The summed E-state index contributed by atoms with van der Waals surface area (Å²) in [6, 6.07) is 9.65. The third-order valence-electron chi connectivity index (χ3n) is 4.12. The number of nitrogens with zero attached hydrogens (tertiary/aromatic N) is 1. The number of carbonyl (C=O) groups excluding carboxylic acids is 1. The Hall–Kier alpha value is -2.27. The van der Waals surface area contributed by atoms with E-state index in [4.69, 9.17) is 10.5 Å². The molecule has 0 aliphatic rings. The zero-order valence-corrected chi connectivity index (χ0v) is 16.4. The molecule has 5 heteroatoms. The van der Waals surface area contributed by atoms with Gasteiger partial charge < -0.3 is 15.6 Å². The van der Waals surface area contributed by atoms with Gasteiger partial charge in [0, 0.05) is 34.8 Å². The highest BCUT2D eigenvalue weighted by molar-refractivity contribution is 5.83. The minimum absolute atomic E-state index is 0.0558. The quantitative estimate of drug-likeness (QED) is 0.768. The van der Waals surface area contributed by atoms with Crippen molar-refractivity contribution in [2.45, 2.75) is 59.0 Å². The van der Waals surface area contributed by atoms with Crippen molar-refractivity contribution >= 4 is 11.8 Å². The van der Waals surface area contributed by atoms with Crippen LogP contribution in [0.15, 0.2) is 30.3 Å². The zero-order valence-electron chi connectivity index (χ0n) is 16.4. The lowest BCUT2D eigenvalue weighted by Crippen LogP contribution is -2.29. The number of para-hydroxylation sites is 1. The summed E-state index contributed by atoms with van der Waals surface area (Å²) in [7, 11) is 0. The first-order valence-corrected chi connectivity index (χ1v) is 9.09. The SMILES string of the molecule is CC(C)c1cc(-c2ccccc2N)c(CCCO)n1C(=O)OC(C)(C)C. The fourth-order valence-corrected chi connectivity index (χ4v) is 2.99. The summed E-state index contributed by atoms with van der Waals surface area (Å²) in [5.41, 5.74) is 9.79. The van der Waals surface area contributed by atoms with Gasteiger partial charge in [0.1, 0.15) is 5.60 Å². The molecule has 1 heterocycles. The number of hydrogen-bond donors (Lipinski definition) is 2. The van der Waals surface area contributed by atoms with Gasteiger partial charge in [-0.3, -0.25) is 4.57 Å². The van der Waals surface area contributed by atoms with Crippen LogP contribution in [0.1, 0.15) is 58.3 Å². The number of hydrogen-bond acceptors (Lipinski definition) is 4. The van der Waals surface area contributed by atoms with E-state index in [2.05, 4.69) is 0 Å². The molecule has 0 aliphatic heterocycles. The lowest BCUT2D eigenvalue weighted by molar-refractivity contribution is 0.0526. The van der Waals surface area contributed by atoms with Crippen LogP contribution < -0.4 is 5.73 Å². The maximum absolute atomic E-state index is 12.9. The van der Waals surface area contributed by atoms with E-state index in [0.717, 1.165) is 22.5 Å². The molecule has 0 saturated carbocycles. The number of aromatic nitrogens is 1. The van der Waals surface area contributed by atoms with Crippen LogP contribution in [0.25, 0.3) is 11.1 Å². The molecule has 0 unspecified atom stereocenters. The normalized spacial score (nSPS) is 11.8. The highest BCUT2D eigenvalue weighted by atomic mass is 16.6. The number of aliphatic hydroxyl groups is 1. The van der Waals surface area contributed by atoms with Gasteiger partial charge in [-0.25, -0.2) is 4.79 Å². The van der Waals surface area contributed by atoms with Crippen molar-refractivity contribution in [2.24, 2.45) is 0 Å². The molecule has 1 aromatic heterocycles. The van der Waals surface area contributed by atoms with Gasteiger partial charge in [0.15, 0.2) is 0 Å². The van der Waals surface area contributed by atoms with E-state index in [-0.39, 0.29) is 12.5 Å². The van der Waals surface area contributed by atoms with Crippen molar-refractivity contribution in [3.63, 3.8) is 0 Å². The maximum Gasteiger partial charge on any atom is 0.418 e. The Bertz CT molecular complexity index is 770. The Morgan fingerprint density at radius 3 is 2.42 bits per heavy atom. The van der Waals surface area contributed by atoms with Crippen LogP contribution >= 0.6 is 0 Å². The van der Waals surface area contributed by atoms with Crippen LogP contribution in [0, 0.1) is 0 Å². The van der Waals surface area contributed by atoms with E-state index in [1.807, 2.05) is 65.0 Å². The summed E-state index contributed by atoms with van der Waals surface area (Å²) in [5.74, 6) is 0.133. The van der Waals surface area contributed by atoms with E-state index >= 15 is 0 Å². The van der Waals surface area contributed by atoms with Crippen molar-refractivity contribution < 1.29 is 14.6 Å². The van der Waals surface area contributed by atoms with Gasteiger partial charge in [-0.2, -0.15) is 0 Å². The van der Waals surface area contributed by atoms with Crippen molar-refractivity contribution in [1.29, 1.82) is 0 Å². The highest BCUT2D eigenvalue weighted by Crippen LogP contribution is 2.35. The predicted molar refractivity (Wildman–Crippen MR) is 105 cm³/mol. The van der Waals surface area contributed by atoms with E-state index in [1.54, 1.807) is 4.57 Å². The third kappa shape index (κ3) is 4.47. The number of anilines is 1. The predicted octanol–water partition coefficient (Wildman–Crippen LogP) is 4.57. The first kappa shape index (κ1) is 20.0. The second kappa shape index (κ2) is 7.96. The highest BCUT2D eigenvalue weighted by Gasteiger charge is 2.26. The van der Waals surface area contributed by atoms with E-state index < -0.39 is 11.7 Å². The lowest BCUT2D eigenvalue weighted by Gasteiger charge is -2.22. The molecule has 2 aromatic rings. The fourth-order valence-electron chi connectivity index (χ4n) is 2.99. The Morgan fingerprint density at radius 1 is 1.23 bits per heavy atom. The number of benzene rings is 1. The Balaban J connectivity index is 2.67. The van der Waals surface area contributed by atoms with Gasteiger partial charge >= 0.3 is 6.09 Å². The number of rotatable bonds is 5. The minimum atomic E-state index is -0.588. The standard InChI is InChI=1S/C21H30N2O3/c1-14(2)19-13-16(15-9-6-7-10-17(15)22)18(11-8-12-24)23(19)20(25)26-21(3,4)5/h6-7,9-10,13-14,24H,8,11-12,22H2,1-5H3. The molecule has 0 radical (unpaired) electrons. The molecule has 26 heavy (non-hydrogen) atoms. The van der Waals surface area contributed by atoms with Gasteiger partial charge in [-0.15, -0.1) is 0 Å². The molecular weight excluding hydrogens is 328 g/mol. The fraction of sp³-hybridized carbons (Fsp3) is 0.476. The smallest absolute Gasteiger partial charge is 0.418 e. The van der Waals surface area contributed by atoms with Gasteiger partial charge in [0.2, 0.25) is 0 Å². The summed E-state index contributed by atoms with van der Waals surface area (Å²) in [5, 5.41) is 9.33. The molecule has 2 rings (SSSR count). The second-order valence-corrected chi connectivity index (χ2v) is 7.81. The molecule has 3 N–H and O–H groups in total. The molecule has 0 spiro atoms. The molecule has 0 aliphatic carbocycles. The van der Waals surface area contributed by atoms with E-state index in [0.29, 0.717) is 18.5 Å². The van der Waals surface area contributed by atoms with E-state index in [1.165, 1.54) is 0 Å². The first-order valence-electron chi connectivity index (χ1n) is 9.09. The molecule has 0 saturated heterocycles. The van der Waals surface area contributed by atoms with Crippen molar-refractivity contribution in [3.8, 4) is 11.1 Å². The number of nitrogens with two attached hydrogens (primary N) is 1. The molecule has 0 atom stereocenters. The summed E-state index contributed by atoms with van der Waals surface area (Å²) in [6.07, 6.45) is 0.728. The first-order chi connectivity index (χ1) is 12.2. The topological polar surface area (TPSA) is 77.5 Å². The number of aliphatic hydroxyl groups excluding tert-OH is 1. The monoisotopic (exact) mass is 358 g/mol. The average Bonchev–Trinajstić information content (AvgIpc) is 2.91. The molecule has 1 aromatic carbocycles. The summed E-state index contributed by atoms with van der Waals surface area (Å²) < 4.78 is 7.31. The molecule has 5 nitrogen and oxygen atoms in total. The van der Waals surface area contributed by atoms with Crippen LogP contribution in [0.5, 0.6) is 0 Å². The van der Waals surface area contributed by atoms with Gasteiger partial charge in [-0.05, 0) is 51.7 Å². The van der Waals surface area contributed by atoms with Gasteiger partial charge in [-0.1, -0.05) is 32.0 Å². The number of ether oxygens (including phenoxy) is 1. The average molecular weight is 358 g/mol. The summed E-state index contributed by atoms with van der Waals surface area (Å²) in [6.45, 7) is 9.71. The van der Waals surface area contributed by atoms with Crippen LogP contribution in [0.4, 0.5) is 10.5 Å². The van der Waals surface area contributed by atoms with Crippen LogP contribution in [-0.2, 0) is 11.2 Å². The Morgan fingerprint density at radius 2 is 1.88 bits per heavy atom. The van der Waals surface area contributed by atoms with Crippen LogP contribution in [-0.4, -0.2) is 28.0 Å².